The van der Waals surface area contributed by atoms with Crippen molar-refractivity contribution in [3.63, 3.8) is 0 Å². The van der Waals surface area contributed by atoms with Crippen LogP contribution in [-0.2, 0) is 6.42 Å². The highest BCUT2D eigenvalue weighted by Crippen LogP contribution is 2.20. The Labute approximate surface area is 102 Å². The van der Waals surface area contributed by atoms with Gasteiger partial charge in [-0.1, -0.05) is 31.2 Å². The fraction of sp³-hybridized carbons (Fsp3) is 0.214. The summed E-state index contributed by atoms with van der Waals surface area (Å²) in [6, 6.07) is 12.5. The molecule has 0 spiro atoms. The zero-order chi connectivity index (χ0) is 12.1. The Balaban J connectivity index is 2.29. The number of nitrogens with two attached hydrogens (primary N) is 1. The molecule has 0 saturated carbocycles. The van der Waals surface area contributed by atoms with Crippen molar-refractivity contribution in [3.8, 4) is 0 Å². The van der Waals surface area contributed by atoms with Crippen molar-refractivity contribution in [1.29, 1.82) is 0 Å². The van der Waals surface area contributed by atoms with E-state index in [0.717, 1.165) is 17.5 Å². The van der Waals surface area contributed by atoms with Gasteiger partial charge in [0, 0.05) is 12.4 Å². The molecule has 2 aromatic rings. The summed E-state index contributed by atoms with van der Waals surface area (Å²) in [5.41, 5.74) is 6.46. The fourth-order valence-corrected chi connectivity index (χ4v) is 1.89. The minimum absolute atomic E-state index is 0.0175. The Kier molecular flexibility index (Phi) is 3.85. The first kappa shape index (κ1) is 11.8. The Morgan fingerprint density at radius 2 is 1.65 bits per heavy atom. The van der Waals surface area contributed by atoms with Gasteiger partial charge in [0.25, 0.3) is 0 Å². The molecule has 0 aliphatic carbocycles. The van der Waals surface area contributed by atoms with Crippen LogP contribution < -0.4 is 11.3 Å². The van der Waals surface area contributed by atoms with Crippen molar-refractivity contribution in [2.75, 3.05) is 0 Å². The van der Waals surface area contributed by atoms with Crippen LogP contribution in [0.5, 0.6) is 0 Å². The van der Waals surface area contributed by atoms with Crippen molar-refractivity contribution in [2.45, 2.75) is 19.4 Å². The van der Waals surface area contributed by atoms with Gasteiger partial charge in [-0.15, -0.1) is 0 Å². The molecule has 0 fully saturated rings. The van der Waals surface area contributed by atoms with E-state index in [4.69, 9.17) is 5.84 Å². The van der Waals surface area contributed by atoms with E-state index in [-0.39, 0.29) is 6.04 Å². The van der Waals surface area contributed by atoms with Crippen LogP contribution >= 0.6 is 0 Å². The molecular formula is C14H17N3. The summed E-state index contributed by atoms with van der Waals surface area (Å²) >= 11 is 0. The normalized spacial score (nSPS) is 12.4. The first-order chi connectivity index (χ1) is 8.35. The fourth-order valence-electron chi connectivity index (χ4n) is 1.89. The summed E-state index contributed by atoms with van der Waals surface area (Å²) in [6.45, 7) is 2.15. The van der Waals surface area contributed by atoms with Crippen molar-refractivity contribution in [2.24, 2.45) is 5.84 Å². The van der Waals surface area contributed by atoms with Gasteiger partial charge in [0.2, 0.25) is 0 Å². The molecule has 1 aromatic heterocycles. The highest BCUT2D eigenvalue weighted by molar-refractivity contribution is 5.32. The summed E-state index contributed by atoms with van der Waals surface area (Å²) in [5.74, 6) is 5.64. The average Bonchev–Trinajstić information content (AvgIpc) is 2.42. The third kappa shape index (κ3) is 2.70. The van der Waals surface area contributed by atoms with E-state index in [1.807, 2.05) is 12.1 Å². The molecule has 0 amide bonds. The van der Waals surface area contributed by atoms with Crippen LogP contribution in [0.15, 0.2) is 48.8 Å². The van der Waals surface area contributed by atoms with Gasteiger partial charge in [-0.2, -0.15) is 0 Å². The Bertz CT molecular complexity index is 451. The Hall–Kier alpha value is -1.71. The zero-order valence-electron chi connectivity index (χ0n) is 9.93. The van der Waals surface area contributed by atoms with Gasteiger partial charge in [0.05, 0.1) is 6.04 Å². The molecule has 0 radical (unpaired) electrons. The molecule has 0 aliphatic heterocycles. The van der Waals surface area contributed by atoms with E-state index in [1.54, 1.807) is 12.4 Å². The van der Waals surface area contributed by atoms with Gasteiger partial charge < -0.3 is 0 Å². The monoisotopic (exact) mass is 227 g/mol. The van der Waals surface area contributed by atoms with Crippen molar-refractivity contribution < 1.29 is 0 Å². The van der Waals surface area contributed by atoms with Crippen molar-refractivity contribution in [1.82, 2.24) is 10.4 Å². The lowest BCUT2D eigenvalue weighted by atomic mass is 9.99. The minimum Gasteiger partial charge on any atom is -0.271 e. The number of hydrazine groups is 1. The first-order valence-corrected chi connectivity index (χ1v) is 5.80. The summed E-state index contributed by atoms with van der Waals surface area (Å²) in [5, 5.41) is 0. The van der Waals surface area contributed by atoms with Crippen molar-refractivity contribution >= 4 is 0 Å². The third-order valence-electron chi connectivity index (χ3n) is 2.93. The van der Waals surface area contributed by atoms with Crippen LogP contribution in [0.3, 0.4) is 0 Å². The van der Waals surface area contributed by atoms with E-state index >= 15 is 0 Å². The van der Waals surface area contributed by atoms with Gasteiger partial charge in [0.1, 0.15) is 0 Å². The lowest BCUT2D eigenvalue weighted by Gasteiger charge is -2.16. The molecule has 3 heteroatoms. The van der Waals surface area contributed by atoms with Gasteiger partial charge in [0.15, 0.2) is 0 Å². The molecule has 17 heavy (non-hydrogen) atoms. The summed E-state index contributed by atoms with van der Waals surface area (Å²) in [7, 11) is 0. The highest BCUT2D eigenvalue weighted by Gasteiger charge is 2.11. The topological polar surface area (TPSA) is 50.9 Å². The zero-order valence-corrected chi connectivity index (χ0v) is 9.93. The summed E-state index contributed by atoms with van der Waals surface area (Å²) < 4.78 is 0. The number of hydrogen-bond donors (Lipinski definition) is 2. The van der Waals surface area contributed by atoms with Gasteiger partial charge >= 0.3 is 0 Å². The number of rotatable bonds is 4. The molecule has 0 bridgehead atoms. The van der Waals surface area contributed by atoms with Crippen LogP contribution in [0.4, 0.5) is 0 Å². The van der Waals surface area contributed by atoms with E-state index in [0.29, 0.717) is 0 Å². The molecule has 1 aromatic carbocycles. The van der Waals surface area contributed by atoms with E-state index in [9.17, 15) is 0 Å². The van der Waals surface area contributed by atoms with Crippen LogP contribution in [0.25, 0.3) is 0 Å². The Morgan fingerprint density at radius 1 is 1.06 bits per heavy atom. The van der Waals surface area contributed by atoms with Gasteiger partial charge in [-0.25, -0.2) is 5.43 Å². The number of nitrogens with zero attached hydrogens (tertiary/aromatic N) is 1. The first-order valence-electron chi connectivity index (χ1n) is 5.80. The number of benzene rings is 1. The van der Waals surface area contributed by atoms with Crippen molar-refractivity contribution in [3.05, 3.63) is 65.5 Å². The molecule has 2 rings (SSSR count). The van der Waals surface area contributed by atoms with E-state index in [2.05, 4.69) is 41.6 Å². The van der Waals surface area contributed by atoms with Crippen LogP contribution in [0, 0.1) is 0 Å². The number of nitrogens with one attached hydrogen (secondary N) is 1. The minimum atomic E-state index is 0.0175. The Morgan fingerprint density at radius 3 is 2.18 bits per heavy atom. The molecule has 3 N–H and O–H groups in total. The van der Waals surface area contributed by atoms with Gasteiger partial charge in [-0.3, -0.25) is 10.8 Å². The predicted octanol–water partition coefficient (Wildman–Crippen LogP) is 2.20. The lowest BCUT2D eigenvalue weighted by Crippen LogP contribution is -2.28. The maximum absolute atomic E-state index is 5.64. The second-order valence-electron chi connectivity index (χ2n) is 3.98. The number of aromatic nitrogens is 1. The molecule has 88 valence electrons. The van der Waals surface area contributed by atoms with Gasteiger partial charge in [-0.05, 0) is 35.2 Å². The highest BCUT2D eigenvalue weighted by atomic mass is 15.2. The lowest BCUT2D eigenvalue weighted by molar-refractivity contribution is 0.636. The smallest absolute Gasteiger partial charge is 0.0711 e. The third-order valence-corrected chi connectivity index (χ3v) is 2.93. The number of aryl methyl sites for hydroxylation is 1. The molecular weight excluding hydrogens is 210 g/mol. The molecule has 3 nitrogen and oxygen atoms in total. The maximum Gasteiger partial charge on any atom is 0.0711 e. The van der Waals surface area contributed by atoms with E-state index < -0.39 is 0 Å². The number of pyridine rings is 1. The number of hydrogen-bond acceptors (Lipinski definition) is 3. The quantitative estimate of drug-likeness (QED) is 0.622. The standard InChI is InChI=1S/C14H17N3/c1-2-11-3-5-12(6-4-11)14(17-15)13-7-9-16-10-8-13/h3-10,14,17H,2,15H2,1H3. The molecule has 0 saturated heterocycles. The second-order valence-corrected chi connectivity index (χ2v) is 3.98. The van der Waals surface area contributed by atoms with E-state index in [1.165, 1.54) is 5.56 Å². The molecule has 0 aliphatic rings. The molecule has 1 atom stereocenters. The van der Waals surface area contributed by atoms with Crippen LogP contribution in [0.2, 0.25) is 0 Å². The molecule has 1 unspecified atom stereocenters. The average molecular weight is 227 g/mol. The van der Waals surface area contributed by atoms with Crippen LogP contribution in [-0.4, -0.2) is 4.98 Å². The molecule has 1 heterocycles. The SMILES string of the molecule is CCc1ccc(C(NN)c2ccncc2)cc1. The predicted molar refractivity (Wildman–Crippen MR) is 69.2 cm³/mol. The summed E-state index contributed by atoms with van der Waals surface area (Å²) in [4.78, 5) is 4.01. The largest absolute Gasteiger partial charge is 0.271 e. The van der Waals surface area contributed by atoms with Crippen LogP contribution in [0.1, 0.15) is 29.7 Å². The second kappa shape index (κ2) is 5.57. The maximum atomic E-state index is 5.64. The summed E-state index contributed by atoms with van der Waals surface area (Å²) in [6.07, 6.45) is 4.61.